The second-order valence-electron chi connectivity index (χ2n) is 5.84. The molecule has 1 heterocycles. The molecule has 0 aliphatic carbocycles. The van der Waals surface area contributed by atoms with Gasteiger partial charge in [0.1, 0.15) is 11.6 Å². The zero-order chi connectivity index (χ0) is 16.2. The topological polar surface area (TPSA) is 29.5 Å². The molecule has 4 heteroatoms. The Balaban J connectivity index is 1.68. The lowest BCUT2D eigenvalue weighted by atomic mass is 9.97. The largest absolute Gasteiger partial charge is 0.496 e. The lowest BCUT2D eigenvalue weighted by molar-refractivity contribution is -0.129. The van der Waals surface area contributed by atoms with Crippen molar-refractivity contribution in [3.05, 3.63) is 65.5 Å². The Morgan fingerprint density at radius 2 is 1.96 bits per heavy atom. The van der Waals surface area contributed by atoms with Crippen LogP contribution in [0.2, 0.25) is 0 Å². The van der Waals surface area contributed by atoms with Crippen LogP contribution in [0.1, 0.15) is 23.5 Å². The summed E-state index contributed by atoms with van der Waals surface area (Å²) in [6, 6.07) is 14.4. The predicted octanol–water partition coefficient (Wildman–Crippen LogP) is 3.39. The third-order valence-corrected chi connectivity index (χ3v) is 4.42. The third-order valence-electron chi connectivity index (χ3n) is 4.42. The highest BCUT2D eigenvalue weighted by molar-refractivity contribution is 5.79. The van der Waals surface area contributed by atoms with Gasteiger partial charge in [-0.1, -0.05) is 36.4 Å². The van der Waals surface area contributed by atoms with Gasteiger partial charge in [0, 0.05) is 19.0 Å². The van der Waals surface area contributed by atoms with Crippen molar-refractivity contribution in [3.8, 4) is 5.75 Å². The van der Waals surface area contributed by atoms with Gasteiger partial charge in [-0.05, 0) is 29.7 Å². The highest BCUT2D eigenvalue weighted by Gasteiger charge is 2.29. The zero-order valence-electron chi connectivity index (χ0n) is 13.2. The molecule has 1 fully saturated rings. The van der Waals surface area contributed by atoms with Gasteiger partial charge >= 0.3 is 0 Å². The van der Waals surface area contributed by atoms with E-state index in [1.165, 1.54) is 6.07 Å². The third kappa shape index (κ3) is 3.36. The molecular formula is C19H20FNO2. The van der Waals surface area contributed by atoms with E-state index < -0.39 is 0 Å². The minimum Gasteiger partial charge on any atom is -0.496 e. The first-order valence-corrected chi connectivity index (χ1v) is 7.83. The Kier molecular flexibility index (Phi) is 4.60. The normalized spacial score (nSPS) is 17.3. The summed E-state index contributed by atoms with van der Waals surface area (Å²) < 4.78 is 19.1. The number of carbonyl (C=O) groups is 1. The number of benzene rings is 2. The fourth-order valence-corrected chi connectivity index (χ4v) is 3.16. The number of para-hydroxylation sites is 1. The summed E-state index contributed by atoms with van der Waals surface area (Å²) in [4.78, 5) is 14.2. The van der Waals surface area contributed by atoms with E-state index in [0.717, 1.165) is 17.7 Å². The van der Waals surface area contributed by atoms with Gasteiger partial charge in [-0.15, -0.1) is 0 Å². The highest BCUT2D eigenvalue weighted by atomic mass is 19.1. The summed E-state index contributed by atoms with van der Waals surface area (Å²) in [7, 11) is 1.66. The molecule has 1 atom stereocenters. The molecule has 1 aliphatic heterocycles. The lowest BCUT2D eigenvalue weighted by Gasteiger charge is -2.18. The first-order chi connectivity index (χ1) is 11.2. The number of carbonyl (C=O) groups excluding carboxylic acids is 1. The standard InChI is InChI=1S/C19H20FNO2/c1-23-18-9-5-3-7-16(18)15-10-11-21(13-15)19(22)12-14-6-2-4-8-17(14)20/h2-9,15H,10-13H2,1H3/t15-/m0/s1. The molecule has 3 rings (SSSR count). The fraction of sp³-hybridized carbons (Fsp3) is 0.316. The van der Waals surface area contributed by atoms with Crippen molar-refractivity contribution in [2.24, 2.45) is 0 Å². The Hall–Kier alpha value is -2.36. The summed E-state index contributed by atoms with van der Waals surface area (Å²) >= 11 is 0. The van der Waals surface area contributed by atoms with Gasteiger partial charge in [0.15, 0.2) is 0 Å². The molecule has 0 radical (unpaired) electrons. The van der Waals surface area contributed by atoms with E-state index in [9.17, 15) is 9.18 Å². The molecule has 1 saturated heterocycles. The van der Waals surface area contributed by atoms with E-state index in [1.807, 2.05) is 29.2 Å². The molecule has 0 aromatic heterocycles. The van der Waals surface area contributed by atoms with Gasteiger partial charge < -0.3 is 9.64 Å². The SMILES string of the molecule is COc1ccccc1[C@H]1CCN(C(=O)Cc2ccccc2F)C1. The Bertz CT molecular complexity index is 701. The van der Waals surface area contributed by atoms with Crippen molar-refractivity contribution in [2.75, 3.05) is 20.2 Å². The van der Waals surface area contributed by atoms with Crippen LogP contribution in [0.4, 0.5) is 4.39 Å². The minimum atomic E-state index is -0.318. The van der Waals surface area contributed by atoms with E-state index >= 15 is 0 Å². The number of hydrogen-bond acceptors (Lipinski definition) is 2. The smallest absolute Gasteiger partial charge is 0.227 e. The summed E-state index contributed by atoms with van der Waals surface area (Å²) in [5.41, 5.74) is 1.59. The molecule has 120 valence electrons. The molecular weight excluding hydrogens is 293 g/mol. The maximum absolute atomic E-state index is 13.7. The van der Waals surface area contributed by atoms with Crippen LogP contribution < -0.4 is 4.74 Å². The Morgan fingerprint density at radius 3 is 2.74 bits per heavy atom. The van der Waals surface area contributed by atoms with Crippen LogP contribution in [0, 0.1) is 5.82 Å². The Morgan fingerprint density at radius 1 is 1.22 bits per heavy atom. The van der Waals surface area contributed by atoms with Crippen LogP contribution in [0.15, 0.2) is 48.5 Å². The molecule has 0 bridgehead atoms. The average molecular weight is 313 g/mol. The van der Waals surface area contributed by atoms with Crippen molar-refractivity contribution >= 4 is 5.91 Å². The van der Waals surface area contributed by atoms with Gasteiger partial charge in [-0.3, -0.25) is 4.79 Å². The molecule has 2 aromatic carbocycles. The summed E-state index contributed by atoms with van der Waals surface area (Å²) in [5.74, 6) is 0.797. The molecule has 0 spiro atoms. The number of ether oxygens (including phenoxy) is 1. The molecule has 0 saturated carbocycles. The number of amides is 1. The second-order valence-corrected chi connectivity index (χ2v) is 5.84. The van der Waals surface area contributed by atoms with Gasteiger partial charge in [0.25, 0.3) is 0 Å². The second kappa shape index (κ2) is 6.82. The van der Waals surface area contributed by atoms with E-state index in [1.54, 1.807) is 25.3 Å². The fourth-order valence-electron chi connectivity index (χ4n) is 3.16. The number of nitrogens with zero attached hydrogens (tertiary/aromatic N) is 1. The number of likely N-dealkylation sites (tertiary alicyclic amines) is 1. The van der Waals surface area contributed by atoms with Crippen LogP contribution in [0.5, 0.6) is 5.75 Å². The van der Waals surface area contributed by atoms with E-state index in [4.69, 9.17) is 4.74 Å². The van der Waals surface area contributed by atoms with E-state index in [0.29, 0.717) is 18.7 Å². The molecule has 0 unspecified atom stereocenters. The average Bonchev–Trinajstić information content (AvgIpc) is 3.07. The van der Waals surface area contributed by atoms with Crippen LogP contribution in [0.25, 0.3) is 0 Å². The molecule has 3 nitrogen and oxygen atoms in total. The highest BCUT2D eigenvalue weighted by Crippen LogP contribution is 2.33. The Labute approximate surface area is 135 Å². The van der Waals surface area contributed by atoms with Crippen LogP contribution >= 0.6 is 0 Å². The molecule has 23 heavy (non-hydrogen) atoms. The first kappa shape index (κ1) is 15.5. The maximum atomic E-state index is 13.7. The van der Waals surface area contributed by atoms with Crippen molar-refractivity contribution in [1.82, 2.24) is 4.90 Å². The van der Waals surface area contributed by atoms with Crippen molar-refractivity contribution in [2.45, 2.75) is 18.8 Å². The molecule has 2 aromatic rings. The quantitative estimate of drug-likeness (QED) is 0.866. The van der Waals surface area contributed by atoms with Crippen molar-refractivity contribution in [1.29, 1.82) is 0 Å². The number of halogens is 1. The van der Waals surface area contributed by atoms with Crippen molar-refractivity contribution < 1.29 is 13.9 Å². The maximum Gasteiger partial charge on any atom is 0.227 e. The lowest BCUT2D eigenvalue weighted by Crippen LogP contribution is -2.30. The molecule has 1 amide bonds. The zero-order valence-corrected chi connectivity index (χ0v) is 13.2. The van der Waals surface area contributed by atoms with Crippen LogP contribution in [-0.2, 0) is 11.2 Å². The van der Waals surface area contributed by atoms with E-state index in [-0.39, 0.29) is 24.1 Å². The van der Waals surface area contributed by atoms with Crippen LogP contribution in [0.3, 0.4) is 0 Å². The van der Waals surface area contributed by atoms with Crippen LogP contribution in [-0.4, -0.2) is 31.0 Å². The van der Waals surface area contributed by atoms with Gasteiger partial charge in [0.05, 0.1) is 13.5 Å². The molecule has 0 N–H and O–H groups in total. The number of hydrogen-bond donors (Lipinski definition) is 0. The number of methoxy groups -OCH3 is 1. The minimum absolute atomic E-state index is 0.0208. The predicted molar refractivity (Wildman–Crippen MR) is 87.0 cm³/mol. The summed E-state index contributed by atoms with van der Waals surface area (Å²) in [6.07, 6.45) is 1.02. The van der Waals surface area contributed by atoms with E-state index in [2.05, 4.69) is 0 Å². The van der Waals surface area contributed by atoms with Gasteiger partial charge in [-0.25, -0.2) is 4.39 Å². The number of rotatable bonds is 4. The monoisotopic (exact) mass is 313 g/mol. The first-order valence-electron chi connectivity index (χ1n) is 7.83. The molecule has 1 aliphatic rings. The van der Waals surface area contributed by atoms with Gasteiger partial charge in [0.2, 0.25) is 5.91 Å². The van der Waals surface area contributed by atoms with Crippen molar-refractivity contribution in [3.63, 3.8) is 0 Å². The summed E-state index contributed by atoms with van der Waals surface area (Å²) in [5, 5.41) is 0. The van der Waals surface area contributed by atoms with Gasteiger partial charge in [-0.2, -0.15) is 0 Å². The summed E-state index contributed by atoms with van der Waals surface area (Å²) in [6.45, 7) is 1.36.